The van der Waals surface area contributed by atoms with Gasteiger partial charge in [0.05, 0.1) is 23.7 Å². The zero-order chi connectivity index (χ0) is 21.0. The van der Waals surface area contributed by atoms with Crippen LogP contribution in [0.4, 0.5) is 4.39 Å². The van der Waals surface area contributed by atoms with Crippen molar-refractivity contribution in [1.29, 1.82) is 0 Å². The second-order valence-electron chi connectivity index (χ2n) is 6.67. The van der Waals surface area contributed by atoms with Crippen molar-refractivity contribution in [1.82, 2.24) is 9.21 Å². The fraction of sp³-hybridized carbons (Fsp3) is 0.350. The van der Waals surface area contributed by atoms with Gasteiger partial charge in [0.2, 0.25) is 10.0 Å². The second kappa shape index (κ2) is 9.25. The lowest BCUT2D eigenvalue weighted by atomic mass is 10.1. The summed E-state index contributed by atoms with van der Waals surface area (Å²) in [5, 5.41) is 0. The third-order valence-electron chi connectivity index (χ3n) is 4.70. The van der Waals surface area contributed by atoms with E-state index in [1.165, 1.54) is 15.3 Å². The summed E-state index contributed by atoms with van der Waals surface area (Å²) in [4.78, 5) is 15.2. The van der Waals surface area contributed by atoms with E-state index in [1.807, 2.05) is 30.5 Å². The van der Waals surface area contributed by atoms with Crippen molar-refractivity contribution >= 4 is 27.7 Å². The number of halogens is 1. The van der Waals surface area contributed by atoms with Gasteiger partial charge in [0.1, 0.15) is 5.82 Å². The molecule has 0 unspecified atom stereocenters. The van der Waals surface area contributed by atoms with Crippen LogP contribution in [0.5, 0.6) is 0 Å². The van der Waals surface area contributed by atoms with E-state index in [0.717, 1.165) is 22.6 Å². The lowest BCUT2D eigenvalue weighted by molar-refractivity contribution is 0.0730. The molecule has 1 aliphatic heterocycles. The van der Waals surface area contributed by atoms with Crippen molar-refractivity contribution in [2.24, 2.45) is 0 Å². The van der Waals surface area contributed by atoms with E-state index in [4.69, 9.17) is 4.74 Å². The van der Waals surface area contributed by atoms with Gasteiger partial charge in [-0.3, -0.25) is 4.79 Å². The molecule has 3 rings (SSSR count). The maximum Gasteiger partial charge on any atom is 0.256 e. The first-order valence-electron chi connectivity index (χ1n) is 9.09. The first-order valence-corrected chi connectivity index (χ1v) is 11.8. The van der Waals surface area contributed by atoms with Crippen molar-refractivity contribution in [3.63, 3.8) is 0 Å². The predicted octanol–water partition coefficient (Wildman–Crippen LogP) is 2.84. The molecule has 0 spiro atoms. The monoisotopic (exact) mass is 438 g/mol. The molecule has 0 atom stereocenters. The molecular formula is C20H23FN2O4S2. The van der Waals surface area contributed by atoms with Crippen LogP contribution in [0.1, 0.15) is 15.9 Å². The number of hydrogen-bond donors (Lipinski definition) is 0. The number of ether oxygens (including phenoxy) is 1. The normalized spacial score (nSPS) is 15.3. The van der Waals surface area contributed by atoms with Gasteiger partial charge < -0.3 is 9.64 Å². The molecule has 2 aromatic carbocycles. The van der Waals surface area contributed by atoms with Crippen LogP contribution in [0.25, 0.3) is 0 Å². The smallest absolute Gasteiger partial charge is 0.256 e. The quantitative estimate of drug-likeness (QED) is 0.649. The Morgan fingerprint density at radius 2 is 1.83 bits per heavy atom. The molecule has 0 aromatic heterocycles. The Kier molecular flexibility index (Phi) is 6.94. The van der Waals surface area contributed by atoms with Gasteiger partial charge in [-0.2, -0.15) is 4.31 Å². The summed E-state index contributed by atoms with van der Waals surface area (Å²) in [5.41, 5.74) is 0.638. The number of benzene rings is 2. The Bertz CT molecular complexity index is 974. The topological polar surface area (TPSA) is 66.9 Å². The van der Waals surface area contributed by atoms with E-state index < -0.39 is 21.7 Å². The highest BCUT2D eigenvalue weighted by molar-refractivity contribution is 7.98. The third-order valence-corrected chi connectivity index (χ3v) is 7.34. The van der Waals surface area contributed by atoms with E-state index in [9.17, 15) is 17.6 Å². The summed E-state index contributed by atoms with van der Waals surface area (Å²) < 4.78 is 46.5. The number of carbonyl (C=O) groups is 1. The largest absolute Gasteiger partial charge is 0.379 e. The number of morpholine rings is 1. The molecule has 0 saturated carbocycles. The summed E-state index contributed by atoms with van der Waals surface area (Å²) in [6.07, 6.45) is 1.98. The highest BCUT2D eigenvalue weighted by atomic mass is 32.2. The van der Waals surface area contributed by atoms with Gasteiger partial charge in [0.15, 0.2) is 0 Å². The molecule has 1 amide bonds. The molecule has 1 saturated heterocycles. The highest BCUT2D eigenvalue weighted by Gasteiger charge is 2.28. The van der Waals surface area contributed by atoms with Crippen LogP contribution in [0.15, 0.2) is 52.3 Å². The van der Waals surface area contributed by atoms with E-state index >= 15 is 0 Å². The average molecular weight is 439 g/mol. The summed E-state index contributed by atoms with van der Waals surface area (Å²) in [7, 11) is -2.25. The van der Waals surface area contributed by atoms with Crippen LogP contribution in [0.2, 0.25) is 0 Å². The minimum atomic E-state index is -3.81. The Balaban J connectivity index is 1.81. The van der Waals surface area contributed by atoms with Crippen molar-refractivity contribution in [2.75, 3.05) is 39.6 Å². The van der Waals surface area contributed by atoms with Crippen LogP contribution in [0, 0.1) is 5.82 Å². The van der Waals surface area contributed by atoms with Gasteiger partial charge in [-0.15, -0.1) is 11.8 Å². The van der Waals surface area contributed by atoms with Gasteiger partial charge >= 0.3 is 0 Å². The molecule has 6 nitrogen and oxygen atoms in total. The first kappa shape index (κ1) is 21.8. The Morgan fingerprint density at radius 1 is 1.17 bits per heavy atom. The fourth-order valence-corrected chi connectivity index (χ4v) is 4.89. The van der Waals surface area contributed by atoms with Gasteiger partial charge in [-0.1, -0.05) is 12.1 Å². The maximum absolute atomic E-state index is 14.4. The molecule has 0 N–H and O–H groups in total. The molecule has 156 valence electrons. The summed E-state index contributed by atoms with van der Waals surface area (Å²) in [6, 6.07) is 11.1. The second-order valence-corrected chi connectivity index (χ2v) is 9.48. The summed E-state index contributed by atoms with van der Waals surface area (Å²) in [5.74, 6) is -1.32. The van der Waals surface area contributed by atoms with Crippen molar-refractivity contribution in [2.45, 2.75) is 16.3 Å². The third kappa shape index (κ3) is 4.98. The number of hydrogen-bond acceptors (Lipinski definition) is 5. The molecule has 1 heterocycles. The van der Waals surface area contributed by atoms with E-state index in [1.54, 1.807) is 18.8 Å². The number of sulfonamides is 1. The SMILES string of the molecule is CSc1ccc(CN(C)C(=O)c2cc(S(=O)(=O)N3CCOCC3)ccc2F)cc1. The molecule has 29 heavy (non-hydrogen) atoms. The van der Waals surface area contributed by atoms with Crippen molar-refractivity contribution < 1.29 is 22.3 Å². The summed E-state index contributed by atoms with van der Waals surface area (Å²) in [6.45, 7) is 1.37. The van der Waals surface area contributed by atoms with Crippen LogP contribution >= 0.6 is 11.8 Å². The predicted molar refractivity (Wildman–Crippen MR) is 110 cm³/mol. The van der Waals surface area contributed by atoms with E-state index in [-0.39, 0.29) is 30.1 Å². The van der Waals surface area contributed by atoms with Crippen LogP contribution in [-0.4, -0.2) is 63.1 Å². The average Bonchev–Trinajstić information content (AvgIpc) is 2.74. The lowest BCUT2D eigenvalue weighted by Gasteiger charge is -2.26. The number of amides is 1. The Labute approximate surface area is 174 Å². The first-order chi connectivity index (χ1) is 13.8. The van der Waals surface area contributed by atoms with Gasteiger partial charge in [0.25, 0.3) is 5.91 Å². The minimum Gasteiger partial charge on any atom is -0.379 e. The van der Waals surface area contributed by atoms with Gasteiger partial charge in [0, 0.05) is 31.6 Å². The number of carbonyl (C=O) groups excluding carboxylic acids is 1. The molecule has 1 fully saturated rings. The van der Waals surface area contributed by atoms with E-state index in [0.29, 0.717) is 13.2 Å². The molecule has 9 heteroatoms. The van der Waals surface area contributed by atoms with Crippen LogP contribution in [-0.2, 0) is 21.3 Å². The fourth-order valence-electron chi connectivity index (χ4n) is 3.05. The number of nitrogens with zero attached hydrogens (tertiary/aromatic N) is 2. The molecule has 0 radical (unpaired) electrons. The Morgan fingerprint density at radius 3 is 2.45 bits per heavy atom. The van der Waals surface area contributed by atoms with Crippen molar-refractivity contribution in [3.05, 3.63) is 59.4 Å². The zero-order valence-corrected chi connectivity index (χ0v) is 17.9. The van der Waals surface area contributed by atoms with Crippen LogP contribution in [0.3, 0.4) is 0 Å². The number of rotatable bonds is 6. The molecule has 1 aliphatic rings. The van der Waals surface area contributed by atoms with Crippen LogP contribution < -0.4 is 0 Å². The molecule has 2 aromatic rings. The highest BCUT2D eigenvalue weighted by Crippen LogP contribution is 2.22. The van der Waals surface area contributed by atoms with Gasteiger partial charge in [-0.05, 0) is 42.2 Å². The maximum atomic E-state index is 14.4. The van der Waals surface area contributed by atoms with Gasteiger partial charge in [-0.25, -0.2) is 12.8 Å². The summed E-state index contributed by atoms with van der Waals surface area (Å²) >= 11 is 1.62. The minimum absolute atomic E-state index is 0.0955. The number of thioether (sulfide) groups is 1. The molecule has 0 bridgehead atoms. The zero-order valence-electron chi connectivity index (χ0n) is 16.3. The molecule has 0 aliphatic carbocycles. The van der Waals surface area contributed by atoms with E-state index in [2.05, 4.69) is 0 Å². The molecular weight excluding hydrogens is 415 g/mol. The Hall–Kier alpha value is -1.94. The standard InChI is InChI=1S/C20H23FN2O4S2/c1-22(14-15-3-5-16(28-2)6-4-15)20(24)18-13-17(7-8-19(18)21)29(25,26)23-9-11-27-12-10-23/h3-8,13H,9-12,14H2,1-2H3. The van der Waals surface area contributed by atoms with Crippen molar-refractivity contribution in [3.8, 4) is 0 Å². The lowest BCUT2D eigenvalue weighted by Crippen LogP contribution is -2.40.